The molecule has 0 saturated heterocycles. The Morgan fingerprint density at radius 2 is 1.81 bits per heavy atom. The van der Waals surface area contributed by atoms with Gasteiger partial charge in [0.15, 0.2) is 0 Å². The smallest absolute Gasteiger partial charge is 0.363 e. The molecule has 0 amide bonds. The first kappa shape index (κ1) is 12.4. The minimum absolute atomic E-state index is 0.269. The van der Waals surface area contributed by atoms with E-state index < -0.39 is 12.7 Å². The minimum atomic E-state index is -4.22. The van der Waals surface area contributed by atoms with Crippen LogP contribution < -0.4 is 4.90 Å². The SMILES string of the molecule is CCN(CC(F)(F)F)c1ccc(C#N)cc1. The third kappa shape index (κ3) is 3.46. The van der Waals surface area contributed by atoms with E-state index in [-0.39, 0.29) is 6.54 Å². The van der Waals surface area contributed by atoms with Crippen LogP contribution in [0.2, 0.25) is 0 Å². The lowest BCUT2D eigenvalue weighted by atomic mass is 10.2. The summed E-state index contributed by atoms with van der Waals surface area (Å²) < 4.78 is 36.7. The summed E-state index contributed by atoms with van der Waals surface area (Å²) in [7, 11) is 0. The molecule has 0 fully saturated rings. The zero-order chi connectivity index (χ0) is 12.2. The second-order valence-corrected chi connectivity index (χ2v) is 3.29. The summed E-state index contributed by atoms with van der Waals surface area (Å²) in [6, 6.07) is 7.98. The van der Waals surface area contributed by atoms with Gasteiger partial charge in [0.1, 0.15) is 6.54 Å². The van der Waals surface area contributed by atoms with Crippen LogP contribution in [0, 0.1) is 11.3 Å². The minimum Gasteiger partial charge on any atom is -0.363 e. The maximum Gasteiger partial charge on any atom is 0.405 e. The van der Waals surface area contributed by atoms with E-state index in [9.17, 15) is 13.2 Å². The Morgan fingerprint density at radius 1 is 1.25 bits per heavy atom. The lowest BCUT2D eigenvalue weighted by Gasteiger charge is -2.24. The highest BCUT2D eigenvalue weighted by atomic mass is 19.4. The number of alkyl halides is 3. The molecular formula is C11H11F3N2. The van der Waals surface area contributed by atoms with Crippen LogP contribution in [0.15, 0.2) is 24.3 Å². The fourth-order valence-electron chi connectivity index (χ4n) is 1.35. The molecule has 1 aromatic rings. The highest BCUT2D eigenvalue weighted by Crippen LogP contribution is 2.22. The first-order valence-corrected chi connectivity index (χ1v) is 4.78. The second-order valence-electron chi connectivity index (χ2n) is 3.29. The summed E-state index contributed by atoms with van der Waals surface area (Å²) in [5.41, 5.74) is 0.908. The van der Waals surface area contributed by atoms with E-state index in [1.165, 1.54) is 29.2 Å². The Bertz CT molecular complexity index is 376. The number of benzene rings is 1. The third-order valence-electron chi connectivity index (χ3n) is 2.11. The first-order chi connectivity index (χ1) is 7.46. The normalized spacial score (nSPS) is 10.9. The number of anilines is 1. The molecule has 0 heterocycles. The zero-order valence-corrected chi connectivity index (χ0v) is 8.75. The molecule has 0 unspecified atom stereocenters. The van der Waals surface area contributed by atoms with Crippen LogP contribution in [0.3, 0.4) is 0 Å². The van der Waals surface area contributed by atoms with Crippen LogP contribution in [0.4, 0.5) is 18.9 Å². The molecule has 86 valence electrons. The molecule has 2 nitrogen and oxygen atoms in total. The Kier molecular flexibility index (Phi) is 3.78. The van der Waals surface area contributed by atoms with Crippen LogP contribution in [-0.4, -0.2) is 19.3 Å². The van der Waals surface area contributed by atoms with Crippen molar-refractivity contribution in [1.29, 1.82) is 5.26 Å². The molecule has 0 bridgehead atoms. The fourth-order valence-corrected chi connectivity index (χ4v) is 1.35. The van der Waals surface area contributed by atoms with E-state index in [1.807, 2.05) is 6.07 Å². The average Bonchev–Trinajstić information content (AvgIpc) is 2.25. The molecule has 0 radical (unpaired) electrons. The second kappa shape index (κ2) is 4.88. The van der Waals surface area contributed by atoms with Gasteiger partial charge in [-0.25, -0.2) is 0 Å². The van der Waals surface area contributed by atoms with E-state index in [2.05, 4.69) is 0 Å². The quantitative estimate of drug-likeness (QED) is 0.795. The van der Waals surface area contributed by atoms with Gasteiger partial charge in [0.05, 0.1) is 11.6 Å². The van der Waals surface area contributed by atoms with Gasteiger partial charge < -0.3 is 4.90 Å². The predicted molar refractivity (Wildman–Crippen MR) is 55.1 cm³/mol. The number of rotatable bonds is 3. The van der Waals surface area contributed by atoms with Crippen molar-refractivity contribution in [2.75, 3.05) is 18.0 Å². The lowest BCUT2D eigenvalue weighted by molar-refractivity contribution is -0.119. The summed E-state index contributed by atoms with van der Waals surface area (Å²) in [6.45, 7) is 0.949. The van der Waals surface area contributed by atoms with Crippen LogP contribution in [0.1, 0.15) is 12.5 Å². The highest BCUT2D eigenvalue weighted by Gasteiger charge is 2.30. The molecule has 0 aliphatic heterocycles. The predicted octanol–water partition coefficient (Wildman–Crippen LogP) is 2.95. The van der Waals surface area contributed by atoms with Gasteiger partial charge in [0.2, 0.25) is 0 Å². The zero-order valence-electron chi connectivity index (χ0n) is 8.75. The van der Waals surface area contributed by atoms with Crippen molar-refractivity contribution >= 4 is 5.69 Å². The van der Waals surface area contributed by atoms with E-state index in [4.69, 9.17) is 5.26 Å². The average molecular weight is 228 g/mol. The van der Waals surface area contributed by atoms with Crippen LogP contribution >= 0.6 is 0 Å². The van der Waals surface area contributed by atoms with Crippen molar-refractivity contribution < 1.29 is 13.2 Å². The monoisotopic (exact) mass is 228 g/mol. The molecule has 0 aliphatic carbocycles. The van der Waals surface area contributed by atoms with Gasteiger partial charge in [0, 0.05) is 12.2 Å². The standard InChI is InChI=1S/C11H11F3N2/c1-2-16(8-11(12,13)14)10-5-3-9(7-15)4-6-10/h3-6H,2,8H2,1H3. The molecule has 0 atom stereocenters. The van der Waals surface area contributed by atoms with Gasteiger partial charge in [-0.1, -0.05) is 0 Å². The summed E-state index contributed by atoms with van der Waals surface area (Å²) in [4.78, 5) is 1.21. The van der Waals surface area contributed by atoms with Gasteiger partial charge in [-0.15, -0.1) is 0 Å². The third-order valence-corrected chi connectivity index (χ3v) is 2.11. The van der Waals surface area contributed by atoms with Gasteiger partial charge in [-0.2, -0.15) is 18.4 Å². The fraction of sp³-hybridized carbons (Fsp3) is 0.364. The Morgan fingerprint density at radius 3 is 2.19 bits per heavy atom. The first-order valence-electron chi connectivity index (χ1n) is 4.78. The Balaban J connectivity index is 2.84. The maximum atomic E-state index is 12.2. The van der Waals surface area contributed by atoms with Gasteiger partial charge >= 0.3 is 6.18 Å². The van der Waals surface area contributed by atoms with Crippen molar-refractivity contribution in [3.05, 3.63) is 29.8 Å². The van der Waals surface area contributed by atoms with Crippen LogP contribution in [0.5, 0.6) is 0 Å². The Hall–Kier alpha value is -1.70. The number of hydrogen-bond acceptors (Lipinski definition) is 2. The maximum absolute atomic E-state index is 12.2. The number of hydrogen-bond donors (Lipinski definition) is 0. The summed E-state index contributed by atoms with van der Waals surface area (Å²) in [6.07, 6.45) is -4.22. The van der Waals surface area contributed by atoms with E-state index in [0.29, 0.717) is 11.3 Å². The molecule has 16 heavy (non-hydrogen) atoms. The van der Waals surface area contributed by atoms with Crippen molar-refractivity contribution in [3.63, 3.8) is 0 Å². The molecule has 0 N–H and O–H groups in total. The van der Waals surface area contributed by atoms with Crippen LogP contribution in [0.25, 0.3) is 0 Å². The van der Waals surface area contributed by atoms with E-state index in [1.54, 1.807) is 6.92 Å². The molecule has 1 rings (SSSR count). The van der Waals surface area contributed by atoms with Crippen molar-refractivity contribution in [2.45, 2.75) is 13.1 Å². The lowest BCUT2D eigenvalue weighted by Crippen LogP contribution is -2.33. The summed E-state index contributed by atoms with van der Waals surface area (Å²) in [5, 5.41) is 8.57. The molecular weight excluding hydrogens is 217 g/mol. The highest BCUT2D eigenvalue weighted by molar-refractivity contribution is 5.49. The Labute approximate surface area is 91.9 Å². The van der Waals surface area contributed by atoms with Gasteiger partial charge in [-0.3, -0.25) is 0 Å². The number of nitriles is 1. The van der Waals surface area contributed by atoms with E-state index in [0.717, 1.165) is 0 Å². The number of halogens is 3. The van der Waals surface area contributed by atoms with Crippen molar-refractivity contribution in [1.82, 2.24) is 0 Å². The molecule has 0 saturated carbocycles. The van der Waals surface area contributed by atoms with E-state index >= 15 is 0 Å². The molecule has 5 heteroatoms. The van der Waals surface area contributed by atoms with Crippen molar-refractivity contribution in [2.24, 2.45) is 0 Å². The van der Waals surface area contributed by atoms with Crippen LogP contribution in [-0.2, 0) is 0 Å². The molecule has 0 aliphatic rings. The van der Waals surface area contributed by atoms with Gasteiger partial charge in [0.25, 0.3) is 0 Å². The molecule has 0 spiro atoms. The topological polar surface area (TPSA) is 27.0 Å². The van der Waals surface area contributed by atoms with Gasteiger partial charge in [-0.05, 0) is 31.2 Å². The largest absolute Gasteiger partial charge is 0.405 e. The summed E-state index contributed by atoms with van der Waals surface area (Å²) >= 11 is 0. The number of nitrogens with zero attached hydrogens (tertiary/aromatic N) is 2. The molecule has 1 aromatic carbocycles. The van der Waals surface area contributed by atoms with Crippen molar-refractivity contribution in [3.8, 4) is 6.07 Å². The summed E-state index contributed by atoms with van der Waals surface area (Å²) in [5.74, 6) is 0. The molecule has 0 aromatic heterocycles.